The Labute approximate surface area is 109 Å². The van der Waals surface area contributed by atoms with Gasteiger partial charge in [-0.25, -0.2) is 4.98 Å². The van der Waals surface area contributed by atoms with Gasteiger partial charge in [0.1, 0.15) is 5.82 Å². The first-order valence-electron chi connectivity index (χ1n) is 5.29. The van der Waals surface area contributed by atoms with Gasteiger partial charge in [-0.15, -0.1) is 0 Å². The Balaban J connectivity index is 2.05. The fraction of sp³-hybridized carbons (Fsp3) is 0.250. The molecule has 1 N–H and O–H groups in total. The Morgan fingerprint density at radius 1 is 1.38 bits per heavy atom. The van der Waals surface area contributed by atoms with E-state index in [-0.39, 0.29) is 0 Å². The number of hydrogen-bond donors (Lipinski definition) is 1. The summed E-state index contributed by atoms with van der Waals surface area (Å²) < 4.78 is 3.37. The first kappa shape index (κ1) is 11.4. The summed E-state index contributed by atoms with van der Waals surface area (Å²) in [6.45, 7) is 3.85. The van der Waals surface area contributed by atoms with Gasteiger partial charge in [0, 0.05) is 28.2 Å². The molecule has 0 fully saturated rings. The molecule has 0 amide bonds. The Kier molecular flexibility index (Phi) is 3.82. The summed E-state index contributed by atoms with van der Waals surface area (Å²) >= 11 is 2.33. The van der Waals surface area contributed by atoms with E-state index in [2.05, 4.69) is 56.5 Å². The summed E-state index contributed by atoms with van der Waals surface area (Å²) in [6.07, 6.45) is 3.85. The largest absolute Gasteiger partial charge is 0.377 e. The third kappa shape index (κ3) is 2.55. The van der Waals surface area contributed by atoms with Gasteiger partial charge in [0.05, 0.1) is 6.54 Å². The van der Waals surface area contributed by atoms with Crippen LogP contribution in [0.15, 0.2) is 36.7 Å². The third-order valence-corrected chi connectivity index (χ3v) is 3.39. The maximum atomic E-state index is 4.33. The van der Waals surface area contributed by atoms with Crippen LogP contribution in [-0.4, -0.2) is 9.55 Å². The van der Waals surface area contributed by atoms with Gasteiger partial charge in [-0.1, -0.05) is 12.1 Å². The summed E-state index contributed by atoms with van der Waals surface area (Å²) in [5, 5.41) is 3.40. The molecule has 0 saturated carbocycles. The van der Waals surface area contributed by atoms with E-state index in [1.54, 1.807) is 0 Å². The van der Waals surface area contributed by atoms with E-state index in [0.717, 1.165) is 24.6 Å². The number of nitrogens with zero attached hydrogens (tertiary/aromatic N) is 2. The van der Waals surface area contributed by atoms with Crippen molar-refractivity contribution in [1.29, 1.82) is 0 Å². The predicted molar refractivity (Wildman–Crippen MR) is 74.4 cm³/mol. The van der Waals surface area contributed by atoms with E-state index in [1.807, 2.05) is 24.5 Å². The number of benzene rings is 1. The minimum Gasteiger partial charge on any atom is -0.377 e. The summed E-state index contributed by atoms with van der Waals surface area (Å²) in [7, 11) is 0. The molecular weight excluding hydrogens is 313 g/mol. The number of anilines is 1. The summed E-state index contributed by atoms with van der Waals surface area (Å²) in [5.41, 5.74) is 1.16. The van der Waals surface area contributed by atoms with Crippen molar-refractivity contribution in [2.45, 2.75) is 20.0 Å². The van der Waals surface area contributed by atoms with Crippen LogP contribution < -0.4 is 5.32 Å². The van der Waals surface area contributed by atoms with Crippen molar-refractivity contribution in [2.24, 2.45) is 0 Å². The molecule has 1 heterocycles. The van der Waals surface area contributed by atoms with Crippen LogP contribution in [0.2, 0.25) is 0 Å². The van der Waals surface area contributed by atoms with Crippen molar-refractivity contribution in [2.75, 3.05) is 5.32 Å². The molecule has 1 aromatic carbocycles. The predicted octanol–water partition coefficient (Wildman–Crippen LogP) is 3.12. The molecule has 0 radical (unpaired) electrons. The smallest absolute Gasteiger partial charge is 0.128 e. The third-order valence-electron chi connectivity index (χ3n) is 2.45. The van der Waals surface area contributed by atoms with Crippen LogP contribution in [0.4, 0.5) is 5.69 Å². The van der Waals surface area contributed by atoms with Crippen LogP contribution in [-0.2, 0) is 13.1 Å². The molecule has 0 unspecified atom stereocenters. The fourth-order valence-electron chi connectivity index (χ4n) is 1.57. The summed E-state index contributed by atoms with van der Waals surface area (Å²) in [6, 6.07) is 8.26. The number of para-hydroxylation sites is 1. The van der Waals surface area contributed by atoms with Crippen LogP contribution in [0.25, 0.3) is 0 Å². The molecule has 84 valence electrons. The number of nitrogens with one attached hydrogen (secondary N) is 1. The first-order valence-corrected chi connectivity index (χ1v) is 6.37. The number of hydrogen-bond acceptors (Lipinski definition) is 2. The van der Waals surface area contributed by atoms with Gasteiger partial charge in [0.25, 0.3) is 0 Å². The Morgan fingerprint density at radius 3 is 2.94 bits per heavy atom. The molecule has 0 spiro atoms. The molecule has 4 heteroatoms. The average Bonchev–Trinajstić information content (AvgIpc) is 2.75. The molecule has 0 aliphatic heterocycles. The van der Waals surface area contributed by atoms with Crippen LogP contribution >= 0.6 is 22.6 Å². The number of aryl methyl sites for hydroxylation is 1. The van der Waals surface area contributed by atoms with Gasteiger partial charge in [-0.05, 0) is 41.6 Å². The minimum atomic E-state index is 0.765. The van der Waals surface area contributed by atoms with E-state index < -0.39 is 0 Å². The second-order valence-electron chi connectivity index (χ2n) is 3.46. The van der Waals surface area contributed by atoms with E-state index >= 15 is 0 Å². The number of imidazole rings is 1. The summed E-state index contributed by atoms with van der Waals surface area (Å²) in [4.78, 5) is 4.33. The Bertz CT molecular complexity index is 465. The van der Waals surface area contributed by atoms with Crippen LogP contribution in [0.1, 0.15) is 12.7 Å². The molecule has 0 aliphatic rings. The molecule has 16 heavy (non-hydrogen) atoms. The molecule has 0 saturated heterocycles. The van der Waals surface area contributed by atoms with Crippen molar-refractivity contribution < 1.29 is 0 Å². The number of rotatable bonds is 4. The highest BCUT2D eigenvalue weighted by Crippen LogP contribution is 2.17. The average molecular weight is 327 g/mol. The van der Waals surface area contributed by atoms with Gasteiger partial charge >= 0.3 is 0 Å². The molecule has 3 nitrogen and oxygen atoms in total. The molecule has 0 atom stereocenters. The van der Waals surface area contributed by atoms with Gasteiger partial charge in [-0.2, -0.15) is 0 Å². The van der Waals surface area contributed by atoms with Crippen LogP contribution in [0, 0.1) is 3.57 Å². The van der Waals surface area contributed by atoms with Crippen molar-refractivity contribution >= 4 is 28.3 Å². The van der Waals surface area contributed by atoms with Crippen molar-refractivity contribution in [1.82, 2.24) is 9.55 Å². The zero-order valence-electron chi connectivity index (χ0n) is 9.15. The van der Waals surface area contributed by atoms with Crippen LogP contribution in [0.5, 0.6) is 0 Å². The van der Waals surface area contributed by atoms with Crippen LogP contribution in [0.3, 0.4) is 0 Å². The molecule has 2 rings (SSSR count). The highest BCUT2D eigenvalue weighted by atomic mass is 127. The maximum absolute atomic E-state index is 4.33. The van der Waals surface area contributed by atoms with E-state index in [4.69, 9.17) is 0 Å². The van der Waals surface area contributed by atoms with E-state index in [0.29, 0.717) is 0 Å². The fourth-order valence-corrected chi connectivity index (χ4v) is 2.15. The van der Waals surface area contributed by atoms with Gasteiger partial charge in [0.2, 0.25) is 0 Å². The second kappa shape index (κ2) is 5.34. The molecule has 1 aromatic heterocycles. The number of aromatic nitrogens is 2. The lowest BCUT2D eigenvalue weighted by molar-refractivity contribution is 0.708. The van der Waals surface area contributed by atoms with Gasteiger partial charge < -0.3 is 9.88 Å². The van der Waals surface area contributed by atoms with Crippen molar-refractivity contribution in [3.8, 4) is 0 Å². The topological polar surface area (TPSA) is 29.9 Å². The van der Waals surface area contributed by atoms with Gasteiger partial charge in [-0.3, -0.25) is 0 Å². The zero-order chi connectivity index (χ0) is 11.4. The Morgan fingerprint density at radius 2 is 2.19 bits per heavy atom. The monoisotopic (exact) mass is 327 g/mol. The lowest BCUT2D eigenvalue weighted by Gasteiger charge is -2.09. The first-order chi connectivity index (χ1) is 7.81. The maximum Gasteiger partial charge on any atom is 0.128 e. The molecule has 0 bridgehead atoms. The van der Waals surface area contributed by atoms with E-state index in [9.17, 15) is 0 Å². The lowest BCUT2D eigenvalue weighted by Crippen LogP contribution is -2.08. The van der Waals surface area contributed by atoms with Gasteiger partial charge in [0.15, 0.2) is 0 Å². The highest BCUT2D eigenvalue weighted by molar-refractivity contribution is 14.1. The van der Waals surface area contributed by atoms with Crippen molar-refractivity contribution in [3.63, 3.8) is 0 Å². The second-order valence-corrected chi connectivity index (χ2v) is 4.63. The van der Waals surface area contributed by atoms with E-state index in [1.165, 1.54) is 3.57 Å². The molecule has 2 aromatic rings. The minimum absolute atomic E-state index is 0.765. The lowest BCUT2D eigenvalue weighted by atomic mass is 10.3. The molecular formula is C12H14IN3. The number of halogens is 1. The van der Waals surface area contributed by atoms with Crippen molar-refractivity contribution in [3.05, 3.63) is 46.1 Å². The molecule has 0 aliphatic carbocycles. The summed E-state index contributed by atoms with van der Waals surface area (Å²) in [5.74, 6) is 1.07. The Hall–Kier alpha value is -1.04. The SMILES string of the molecule is CCn1ccnc1CNc1ccccc1I. The highest BCUT2D eigenvalue weighted by Gasteiger charge is 2.02. The normalized spacial score (nSPS) is 10.4. The quantitative estimate of drug-likeness (QED) is 0.875. The zero-order valence-corrected chi connectivity index (χ0v) is 11.3. The standard InChI is InChI=1S/C12H14IN3/c1-2-16-8-7-14-12(16)9-15-11-6-4-3-5-10(11)13/h3-8,15H,2,9H2,1H3.